The van der Waals surface area contributed by atoms with Gasteiger partial charge in [-0.15, -0.1) is 0 Å². The molecule has 1 aliphatic rings. The average molecular weight is 247 g/mol. The fourth-order valence-corrected chi connectivity index (χ4v) is 2.77. The zero-order chi connectivity index (χ0) is 13.3. The van der Waals surface area contributed by atoms with Gasteiger partial charge in [0, 0.05) is 23.3 Å². The van der Waals surface area contributed by atoms with E-state index in [-0.39, 0.29) is 10.7 Å². The SMILES string of the molecule is Cc1ccc(C)c(C2([N+](=O)[O-])CCCCC2=O)c1. The van der Waals surface area contributed by atoms with Crippen molar-refractivity contribution in [3.63, 3.8) is 0 Å². The van der Waals surface area contributed by atoms with E-state index in [2.05, 4.69) is 0 Å². The largest absolute Gasteiger partial charge is 0.304 e. The van der Waals surface area contributed by atoms with Crippen molar-refractivity contribution >= 4 is 5.78 Å². The smallest absolute Gasteiger partial charge is 0.291 e. The molecule has 1 saturated carbocycles. The molecule has 0 N–H and O–H groups in total. The molecule has 1 fully saturated rings. The molecule has 4 nitrogen and oxygen atoms in total. The van der Waals surface area contributed by atoms with Crippen molar-refractivity contribution in [2.24, 2.45) is 0 Å². The van der Waals surface area contributed by atoms with Crippen LogP contribution in [0.3, 0.4) is 0 Å². The van der Waals surface area contributed by atoms with Gasteiger partial charge in [-0.1, -0.05) is 17.7 Å². The van der Waals surface area contributed by atoms with Crippen LogP contribution in [0.5, 0.6) is 0 Å². The number of rotatable bonds is 2. The molecule has 1 aromatic rings. The monoisotopic (exact) mass is 247 g/mol. The summed E-state index contributed by atoms with van der Waals surface area (Å²) in [5.74, 6) is -0.243. The number of hydrogen-bond donors (Lipinski definition) is 0. The Balaban J connectivity index is 2.63. The maximum absolute atomic E-state index is 12.2. The Morgan fingerprint density at radius 1 is 1.28 bits per heavy atom. The lowest BCUT2D eigenvalue weighted by atomic mass is 9.74. The Kier molecular flexibility index (Phi) is 3.20. The minimum atomic E-state index is -1.51. The highest BCUT2D eigenvalue weighted by molar-refractivity contribution is 5.89. The van der Waals surface area contributed by atoms with Gasteiger partial charge in [0.05, 0.1) is 0 Å². The molecule has 2 rings (SSSR count). The summed E-state index contributed by atoms with van der Waals surface area (Å²) in [6.45, 7) is 3.73. The van der Waals surface area contributed by atoms with Crippen molar-refractivity contribution in [2.45, 2.75) is 45.1 Å². The predicted molar refractivity (Wildman–Crippen MR) is 68.1 cm³/mol. The van der Waals surface area contributed by atoms with E-state index in [9.17, 15) is 14.9 Å². The first-order chi connectivity index (χ1) is 8.48. The van der Waals surface area contributed by atoms with Crippen molar-refractivity contribution in [3.05, 3.63) is 45.0 Å². The number of ketones is 1. The van der Waals surface area contributed by atoms with Crippen LogP contribution >= 0.6 is 0 Å². The van der Waals surface area contributed by atoms with Crippen LogP contribution in [0.4, 0.5) is 0 Å². The zero-order valence-corrected chi connectivity index (χ0v) is 10.7. The molecule has 0 radical (unpaired) electrons. The summed E-state index contributed by atoms with van der Waals surface area (Å²) >= 11 is 0. The summed E-state index contributed by atoms with van der Waals surface area (Å²) in [6, 6.07) is 5.57. The van der Waals surface area contributed by atoms with Crippen molar-refractivity contribution < 1.29 is 9.72 Å². The first-order valence-electron chi connectivity index (χ1n) is 6.24. The molecule has 1 unspecified atom stereocenters. The number of Topliss-reactive ketones (excluding diaryl/α,β-unsaturated/α-hetero) is 1. The minimum Gasteiger partial charge on any atom is -0.291 e. The first-order valence-corrected chi connectivity index (χ1v) is 6.24. The summed E-state index contributed by atoms with van der Waals surface area (Å²) < 4.78 is 0. The lowest BCUT2D eigenvalue weighted by molar-refractivity contribution is -0.563. The van der Waals surface area contributed by atoms with Gasteiger partial charge in [-0.3, -0.25) is 14.9 Å². The van der Waals surface area contributed by atoms with Crippen molar-refractivity contribution in [2.75, 3.05) is 0 Å². The van der Waals surface area contributed by atoms with Gasteiger partial charge in [0.1, 0.15) is 0 Å². The molecule has 0 heterocycles. The van der Waals surface area contributed by atoms with Gasteiger partial charge in [-0.05, 0) is 38.3 Å². The minimum absolute atomic E-state index is 0.243. The summed E-state index contributed by atoms with van der Waals surface area (Å²) in [5, 5.41) is 11.5. The number of nitrogens with zero attached hydrogens (tertiary/aromatic N) is 1. The fourth-order valence-electron chi connectivity index (χ4n) is 2.77. The van der Waals surface area contributed by atoms with Crippen LogP contribution in [0.1, 0.15) is 42.4 Å². The van der Waals surface area contributed by atoms with Crippen LogP contribution in [0, 0.1) is 24.0 Å². The number of aryl methyl sites for hydroxylation is 2. The number of nitro groups is 1. The molecule has 0 aliphatic heterocycles. The van der Waals surface area contributed by atoms with Crippen LogP contribution in [-0.4, -0.2) is 10.7 Å². The predicted octanol–water partition coefficient (Wildman–Crippen LogP) is 2.92. The van der Waals surface area contributed by atoms with E-state index >= 15 is 0 Å². The Bertz CT molecular complexity index is 510. The van der Waals surface area contributed by atoms with Crippen molar-refractivity contribution in [1.82, 2.24) is 0 Å². The lowest BCUT2D eigenvalue weighted by Crippen LogP contribution is -2.46. The lowest BCUT2D eigenvalue weighted by Gasteiger charge is -2.29. The summed E-state index contributed by atoms with van der Waals surface area (Å²) in [6.07, 6.45) is 2.14. The van der Waals surface area contributed by atoms with Gasteiger partial charge in [0.2, 0.25) is 5.78 Å². The Morgan fingerprint density at radius 3 is 2.61 bits per heavy atom. The maximum Gasteiger partial charge on any atom is 0.304 e. The van der Waals surface area contributed by atoms with Crippen LogP contribution in [0.2, 0.25) is 0 Å². The Morgan fingerprint density at radius 2 is 2.00 bits per heavy atom. The highest BCUT2D eigenvalue weighted by atomic mass is 16.6. The number of hydrogen-bond acceptors (Lipinski definition) is 3. The summed E-state index contributed by atoms with van der Waals surface area (Å²) in [5.41, 5.74) is 0.855. The molecular weight excluding hydrogens is 230 g/mol. The third kappa shape index (κ3) is 1.82. The van der Waals surface area contributed by atoms with Crippen LogP contribution in [-0.2, 0) is 10.3 Å². The van der Waals surface area contributed by atoms with Crippen molar-refractivity contribution in [1.29, 1.82) is 0 Å². The summed E-state index contributed by atoms with van der Waals surface area (Å²) in [7, 11) is 0. The maximum atomic E-state index is 12.2. The van der Waals surface area contributed by atoms with Crippen LogP contribution in [0.25, 0.3) is 0 Å². The van der Waals surface area contributed by atoms with Crippen LogP contribution in [0.15, 0.2) is 18.2 Å². The van der Waals surface area contributed by atoms with E-state index in [1.165, 1.54) is 0 Å². The van der Waals surface area contributed by atoms with Gasteiger partial charge >= 0.3 is 5.54 Å². The van der Waals surface area contributed by atoms with E-state index in [1.54, 1.807) is 6.07 Å². The number of carbonyl (C=O) groups excluding carboxylic acids is 1. The van der Waals surface area contributed by atoms with Gasteiger partial charge in [0.25, 0.3) is 0 Å². The van der Waals surface area contributed by atoms with Gasteiger partial charge < -0.3 is 0 Å². The number of benzene rings is 1. The zero-order valence-electron chi connectivity index (χ0n) is 10.7. The molecule has 4 heteroatoms. The molecule has 1 aliphatic carbocycles. The van der Waals surface area contributed by atoms with Gasteiger partial charge in [0.15, 0.2) is 0 Å². The Hall–Kier alpha value is -1.71. The quantitative estimate of drug-likeness (QED) is 0.596. The van der Waals surface area contributed by atoms with Crippen molar-refractivity contribution in [3.8, 4) is 0 Å². The molecule has 1 aromatic carbocycles. The van der Waals surface area contributed by atoms with E-state index in [0.29, 0.717) is 18.4 Å². The molecule has 0 spiro atoms. The molecule has 96 valence electrons. The van der Waals surface area contributed by atoms with E-state index in [1.807, 2.05) is 26.0 Å². The fraction of sp³-hybridized carbons (Fsp3) is 0.500. The first kappa shape index (κ1) is 12.7. The third-order valence-corrected chi connectivity index (χ3v) is 3.80. The van der Waals surface area contributed by atoms with E-state index < -0.39 is 5.54 Å². The van der Waals surface area contributed by atoms with Gasteiger partial charge in [-0.2, -0.15) is 0 Å². The molecular formula is C14H17NO3. The second kappa shape index (κ2) is 4.52. The summed E-state index contributed by atoms with van der Waals surface area (Å²) in [4.78, 5) is 23.3. The number of carbonyl (C=O) groups is 1. The standard InChI is InChI=1S/C14H17NO3/c1-10-6-7-11(2)12(9-10)14(15(17)18)8-4-3-5-13(14)16/h6-7,9H,3-5,8H2,1-2H3. The topological polar surface area (TPSA) is 60.2 Å². The second-order valence-electron chi connectivity index (χ2n) is 5.07. The highest BCUT2D eigenvalue weighted by Crippen LogP contribution is 2.39. The molecule has 0 aromatic heterocycles. The highest BCUT2D eigenvalue weighted by Gasteiger charge is 2.53. The molecule has 18 heavy (non-hydrogen) atoms. The van der Waals surface area contributed by atoms with Crippen LogP contribution < -0.4 is 0 Å². The molecule has 0 bridgehead atoms. The van der Waals surface area contributed by atoms with E-state index in [4.69, 9.17) is 0 Å². The molecule has 1 atom stereocenters. The molecule has 0 saturated heterocycles. The molecule has 0 amide bonds. The normalized spacial score (nSPS) is 24.0. The Labute approximate surface area is 106 Å². The van der Waals surface area contributed by atoms with Gasteiger partial charge in [-0.25, -0.2) is 0 Å². The third-order valence-electron chi connectivity index (χ3n) is 3.80. The second-order valence-corrected chi connectivity index (χ2v) is 5.07. The van der Waals surface area contributed by atoms with E-state index in [0.717, 1.165) is 24.0 Å². The average Bonchev–Trinajstić information content (AvgIpc) is 2.33.